The third-order valence-corrected chi connectivity index (χ3v) is 6.08. The Kier molecular flexibility index (Phi) is 4.56. The highest BCUT2D eigenvalue weighted by Crippen LogP contribution is 2.41. The van der Waals surface area contributed by atoms with Crippen LogP contribution in [-0.2, 0) is 0 Å². The van der Waals surface area contributed by atoms with Crippen LogP contribution in [0.2, 0.25) is 0 Å². The molecule has 9 heteroatoms. The summed E-state index contributed by atoms with van der Waals surface area (Å²) in [5.41, 5.74) is 0.854. The summed E-state index contributed by atoms with van der Waals surface area (Å²) in [5.74, 6) is 1.19. The maximum Gasteiger partial charge on any atom is 0.269 e. The maximum absolute atomic E-state index is 11.3. The Morgan fingerprint density at radius 2 is 2.26 bits per heavy atom. The number of benzene rings is 1. The minimum Gasteiger partial charge on any atom is -0.492 e. The van der Waals surface area contributed by atoms with E-state index in [0.29, 0.717) is 16.7 Å². The number of likely N-dealkylation sites (tertiary alicyclic amines) is 1. The van der Waals surface area contributed by atoms with E-state index in [0.717, 1.165) is 30.0 Å². The molecule has 4 rings (SSSR count). The summed E-state index contributed by atoms with van der Waals surface area (Å²) < 4.78 is 1.45. The van der Waals surface area contributed by atoms with Gasteiger partial charge in [-0.1, -0.05) is 30.4 Å². The van der Waals surface area contributed by atoms with Crippen molar-refractivity contribution < 1.29 is 10.0 Å². The smallest absolute Gasteiger partial charge is 0.269 e. The molecule has 1 saturated heterocycles. The summed E-state index contributed by atoms with van der Waals surface area (Å²) in [6.45, 7) is 5.75. The Labute approximate surface area is 160 Å². The van der Waals surface area contributed by atoms with Crippen LogP contribution < -0.4 is 0 Å². The average Bonchev–Trinajstić information content (AvgIpc) is 3.13. The Morgan fingerprint density at radius 1 is 1.44 bits per heavy atom. The first-order valence-corrected chi connectivity index (χ1v) is 9.79. The zero-order valence-electron chi connectivity index (χ0n) is 15.2. The molecule has 0 spiro atoms. The van der Waals surface area contributed by atoms with Gasteiger partial charge < -0.3 is 5.11 Å². The van der Waals surface area contributed by atoms with E-state index in [1.54, 1.807) is 19.1 Å². The van der Waals surface area contributed by atoms with Gasteiger partial charge in [0.25, 0.3) is 5.69 Å². The number of hydrogen-bond donors (Lipinski definition) is 1. The van der Waals surface area contributed by atoms with Gasteiger partial charge >= 0.3 is 0 Å². The van der Waals surface area contributed by atoms with Gasteiger partial charge in [0.1, 0.15) is 5.82 Å². The number of fused-ring (bicyclic) bond motifs is 1. The number of nitrogens with zero attached hydrogens (tertiary/aromatic N) is 5. The van der Waals surface area contributed by atoms with Gasteiger partial charge in [0.05, 0.1) is 15.8 Å². The summed E-state index contributed by atoms with van der Waals surface area (Å²) in [6.07, 6.45) is 2.23. The molecule has 2 atom stereocenters. The van der Waals surface area contributed by atoms with Crippen LogP contribution in [0.4, 0.5) is 5.69 Å². The number of piperidine rings is 1. The van der Waals surface area contributed by atoms with E-state index in [4.69, 9.17) is 0 Å². The Balaban J connectivity index is 1.84. The molecule has 1 aromatic carbocycles. The molecule has 1 aliphatic heterocycles. The van der Waals surface area contributed by atoms with Crippen molar-refractivity contribution in [1.82, 2.24) is 19.5 Å². The third kappa shape index (κ3) is 3.28. The lowest BCUT2D eigenvalue weighted by Gasteiger charge is -2.37. The number of hydrogen-bond acceptors (Lipinski definition) is 7. The number of non-ortho nitro benzene ring substituents is 1. The first-order valence-electron chi connectivity index (χ1n) is 8.97. The molecule has 142 valence electrons. The van der Waals surface area contributed by atoms with Gasteiger partial charge in [-0.3, -0.25) is 15.0 Å². The predicted molar refractivity (Wildman–Crippen MR) is 102 cm³/mol. The third-order valence-electron chi connectivity index (χ3n) is 5.00. The van der Waals surface area contributed by atoms with Crippen molar-refractivity contribution in [2.75, 3.05) is 13.1 Å². The van der Waals surface area contributed by atoms with Crippen molar-refractivity contribution in [3.8, 4) is 5.88 Å². The summed E-state index contributed by atoms with van der Waals surface area (Å²) >= 11 is 1.38. The van der Waals surface area contributed by atoms with E-state index in [9.17, 15) is 15.2 Å². The van der Waals surface area contributed by atoms with Crippen LogP contribution in [0, 0.1) is 23.0 Å². The Hall–Kier alpha value is -2.52. The van der Waals surface area contributed by atoms with Gasteiger partial charge in [0.2, 0.25) is 10.8 Å². The molecule has 27 heavy (non-hydrogen) atoms. The van der Waals surface area contributed by atoms with E-state index in [1.165, 1.54) is 28.3 Å². The van der Waals surface area contributed by atoms with Gasteiger partial charge in [-0.05, 0) is 37.8 Å². The molecule has 1 fully saturated rings. The van der Waals surface area contributed by atoms with Crippen LogP contribution in [-0.4, -0.2) is 42.6 Å². The molecule has 0 bridgehead atoms. The van der Waals surface area contributed by atoms with Crippen molar-refractivity contribution >= 4 is 22.0 Å². The van der Waals surface area contributed by atoms with E-state index in [2.05, 4.69) is 21.9 Å². The Bertz CT molecular complexity index is 998. The molecule has 8 nitrogen and oxygen atoms in total. The van der Waals surface area contributed by atoms with Crippen LogP contribution in [0.1, 0.15) is 42.1 Å². The van der Waals surface area contributed by atoms with Crippen LogP contribution in [0.15, 0.2) is 24.3 Å². The van der Waals surface area contributed by atoms with Crippen molar-refractivity contribution in [3.05, 3.63) is 50.6 Å². The SMILES string of the molecule is Cc1nc2sc(C(c3cccc([N+](=O)[O-])c3)N3CCCC(C)C3)c(O)n2n1. The van der Waals surface area contributed by atoms with Crippen LogP contribution in [0.3, 0.4) is 0 Å². The molecule has 1 N–H and O–H groups in total. The highest BCUT2D eigenvalue weighted by Gasteiger charge is 2.32. The fourth-order valence-electron chi connectivity index (χ4n) is 3.82. The van der Waals surface area contributed by atoms with Crippen LogP contribution in [0.5, 0.6) is 5.88 Å². The zero-order valence-corrected chi connectivity index (χ0v) is 16.0. The van der Waals surface area contributed by atoms with E-state index in [1.807, 2.05) is 6.07 Å². The number of aryl methyl sites for hydroxylation is 1. The van der Waals surface area contributed by atoms with Gasteiger partial charge in [-0.15, -0.1) is 5.10 Å². The number of thiazole rings is 1. The molecule has 1 aliphatic rings. The quantitative estimate of drug-likeness (QED) is 0.543. The normalized spacial score (nSPS) is 19.4. The second-order valence-electron chi connectivity index (χ2n) is 7.14. The topological polar surface area (TPSA) is 96.8 Å². The largest absolute Gasteiger partial charge is 0.492 e. The fraction of sp³-hybridized carbons (Fsp3) is 0.444. The number of rotatable bonds is 4. The minimum atomic E-state index is -0.384. The average molecular weight is 387 g/mol. The van der Waals surface area contributed by atoms with Crippen molar-refractivity contribution in [2.45, 2.75) is 32.7 Å². The number of nitro benzene ring substituents is 1. The number of aromatic hydroxyl groups is 1. The minimum absolute atomic E-state index is 0.0531. The van der Waals surface area contributed by atoms with Gasteiger partial charge in [-0.2, -0.15) is 4.52 Å². The maximum atomic E-state index is 11.3. The van der Waals surface area contributed by atoms with Crippen LogP contribution >= 0.6 is 11.3 Å². The van der Waals surface area contributed by atoms with Crippen molar-refractivity contribution in [3.63, 3.8) is 0 Å². The zero-order chi connectivity index (χ0) is 19.1. The first-order chi connectivity index (χ1) is 12.9. The highest BCUT2D eigenvalue weighted by molar-refractivity contribution is 7.17. The molecule has 2 unspecified atom stereocenters. The van der Waals surface area contributed by atoms with E-state index in [-0.39, 0.29) is 22.5 Å². The van der Waals surface area contributed by atoms with Gasteiger partial charge in [-0.25, -0.2) is 4.98 Å². The predicted octanol–water partition coefficient (Wildman–Crippen LogP) is 3.53. The van der Waals surface area contributed by atoms with Crippen molar-refractivity contribution in [2.24, 2.45) is 5.92 Å². The molecule has 0 amide bonds. The lowest BCUT2D eigenvalue weighted by Crippen LogP contribution is -2.37. The van der Waals surface area contributed by atoms with E-state index >= 15 is 0 Å². The molecular formula is C18H21N5O3S. The molecule has 0 saturated carbocycles. The van der Waals surface area contributed by atoms with Crippen molar-refractivity contribution in [1.29, 1.82) is 0 Å². The monoisotopic (exact) mass is 387 g/mol. The number of nitro groups is 1. The van der Waals surface area contributed by atoms with Crippen LogP contribution in [0.25, 0.3) is 4.96 Å². The standard InChI is InChI=1S/C18H21N5O3S/c1-11-5-4-8-21(10-11)15(13-6-3-7-14(9-13)23(25)26)16-17(24)22-18(27-16)19-12(2)20-22/h3,6-7,9,11,15,24H,4-5,8,10H2,1-2H3. The molecule has 0 aliphatic carbocycles. The lowest BCUT2D eigenvalue weighted by atomic mass is 9.95. The van der Waals surface area contributed by atoms with Gasteiger partial charge in [0, 0.05) is 18.7 Å². The number of aromatic nitrogens is 3. The second kappa shape index (κ2) is 6.90. The van der Waals surface area contributed by atoms with Gasteiger partial charge in [0.15, 0.2) is 0 Å². The van der Waals surface area contributed by atoms with E-state index < -0.39 is 0 Å². The molecular weight excluding hydrogens is 366 g/mol. The summed E-state index contributed by atoms with van der Waals surface area (Å²) in [7, 11) is 0. The first kappa shape index (κ1) is 17.9. The summed E-state index contributed by atoms with van der Waals surface area (Å²) in [4.78, 5) is 18.9. The molecule has 2 aromatic heterocycles. The molecule has 3 aromatic rings. The summed E-state index contributed by atoms with van der Waals surface area (Å²) in [6, 6.07) is 6.42. The highest BCUT2D eigenvalue weighted by atomic mass is 32.1. The molecule has 0 radical (unpaired) electrons. The fourth-order valence-corrected chi connectivity index (χ4v) is 4.99. The molecule has 3 heterocycles. The lowest BCUT2D eigenvalue weighted by molar-refractivity contribution is -0.384. The Morgan fingerprint density at radius 3 is 2.96 bits per heavy atom. The second-order valence-corrected chi connectivity index (χ2v) is 8.15. The summed E-state index contributed by atoms with van der Waals surface area (Å²) in [5, 5.41) is 26.3.